The average molecular weight is 306 g/mol. The number of hydrogen-bond acceptors (Lipinski definition) is 2. The van der Waals surface area contributed by atoms with Crippen molar-refractivity contribution in [1.82, 2.24) is 0 Å². The van der Waals surface area contributed by atoms with Crippen LogP contribution >= 0.6 is 0 Å². The summed E-state index contributed by atoms with van der Waals surface area (Å²) < 4.78 is 14.1. The lowest BCUT2D eigenvalue weighted by atomic mass is 9.48. The molecule has 0 unspecified atom stereocenters. The van der Waals surface area contributed by atoms with Crippen LogP contribution in [0.3, 0.4) is 0 Å². The highest BCUT2D eigenvalue weighted by Gasteiger charge is 2.62. The zero-order chi connectivity index (χ0) is 15.7. The summed E-state index contributed by atoms with van der Waals surface area (Å²) in [5, 5.41) is 10.6. The molecule has 3 saturated carbocycles. The van der Waals surface area contributed by atoms with E-state index < -0.39 is 11.6 Å². The van der Waals surface area contributed by atoms with E-state index in [4.69, 9.17) is 0 Å². The van der Waals surface area contributed by atoms with Crippen molar-refractivity contribution in [3.8, 4) is 0 Å². The summed E-state index contributed by atoms with van der Waals surface area (Å²) in [5.74, 6) is 1.34. The van der Waals surface area contributed by atoms with E-state index in [1.54, 1.807) is 0 Å². The van der Waals surface area contributed by atoms with Crippen LogP contribution < -0.4 is 0 Å². The van der Waals surface area contributed by atoms with Crippen LogP contribution in [-0.2, 0) is 4.79 Å². The van der Waals surface area contributed by atoms with Crippen LogP contribution in [-0.4, -0.2) is 17.1 Å². The van der Waals surface area contributed by atoms with E-state index in [9.17, 15) is 14.3 Å². The maximum atomic E-state index is 14.1. The summed E-state index contributed by atoms with van der Waals surface area (Å²) in [6.45, 7) is 4.30. The molecule has 122 valence electrons. The van der Waals surface area contributed by atoms with Gasteiger partial charge in [-0.25, -0.2) is 4.39 Å². The normalized spacial score (nSPS) is 51.3. The fraction of sp³-hybridized carbons (Fsp3) is 0.842. The van der Waals surface area contributed by atoms with Crippen LogP contribution in [0.15, 0.2) is 11.3 Å². The molecule has 0 radical (unpaired) electrons. The van der Waals surface area contributed by atoms with Crippen molar-refractivity contribution in [2.24, 2.45) is 28.6 Å². The highest BCUT2D eigenvalue weighted by atomic mass is 19.1. The van der Waals surface area contributed by atoms with Crippen LogP contribution in [0.2, 0.25) is 0 Å². The van der Waals surface area contributed by atoms with E-state index in [0.29, 0.717) is 24.5 Å². The molecule has 22 heavy (non-hydrogen) atoms. The van der Waals surface area contributed by atoms with E-state index >= 15 is 0 Å². The van der Waals surface area contributed by atoms with Crippen molar-refractivity contribution >= 4 is 5.78 Å². The number of aliphatic hydroxyl groups excluding tert-OH is 1. The Hall–Kier alpha value is -0.860. The third-order valence-electron chi connectivity index (χ3n) is 7.79. The minimum atomic E-state index is -1.28. The van der Waals surface area contributed by atoms with Gasteiger partial charge in [0.1, 0.15) is 0 Å². The number of allylic oxidation sites excluding steroid dienone is 2. The maximum absolute atomic E-state index is 14.1. The minimum absolute atomic E-state index is 0.0873. The van der Waals surface area contributed by atoms with E-state index in [-0.39, 0.29) is 23.0 Å². The Morgan fingerprint density at radius 1 is 1.14 bits per heavy atom. The highest BCUT2D eigenvalue weighted by molar-refractivity contribution is 5.91. The van der Waals surface area contributed by atoms with E-state index in [2.05, 4.69) is 6.92 Å². The van der Waals surface area contributed by atoms with Crippen LogP contribution in [0.4, 0.5) is 4.39 Å². The summed E-state index contributed by atoms with van der Waals surface area (Å²) in [6, 6.07) is 0. The molecule has 0 aromatic rings. The number of carbonyl (C=O) groups is 1. The molecular formula is C19H27FO2. The van der Waals surface area contributed by atoms with Gasteiger partial charge < -0.3 is 5.11 Å². The van der Waals surface area contributed by atoms with Crippen LogP contribution in [0.25, 0.3) is 0 Å². The Morgan fingerprint density at radius 3 is 2.68 bits per heavy atom. The molecule has 1 N–H and O–H groups in total. The highest BCUT2D eigenvalue weighted by Crippen LogP contribution is 2.65. The molecule has 3 fully saturated rings. The molecule has 0 bridgehead atoms. The molecule has 0 amide bonds. The fourth-order valence-corrected chi connectivity index (χ4v) is 6.57. The molecule has 3 heteroatoms. The van der Waals surface area contributed by atoms with Crippen molar-refractivity contribution in [2.45, 2.75) is 71.4 Å². The third kappa shape index (κ3) is 1.68. The van der Waals surface area contributed by atoms with Crippen LogP contribution in [0.1, 0.15) is 65.2 Å². The number of fused-ring (bicyclic) bond motifs is 5. The second-order valence-corrected chi connectivity index (χ2v) is 8.65. The Morgan fingerprint density at radius 2 is 1.91 bits per heavy atom. The predicted octanol–water partition coefficient (Wildman–Crippen LogP) is 4.74. The lowest BCUT2D eigenvalue weighted by Crippen LogP contribution is -2.50. The first kappa shape index (κ1) is 14.7. The molecular weight excluding hydrogens is 279 g/mol. The van der Waals surface area contributed by atoms with E-state index in [0.717, 1.165) is 25.7 Å². The Balaban J connectivity index is 1.75. The first-order valence-corrected chi connectivity index (χ1v) is 8.98. The molecule has 0 aliphatic heterocycles. The van der Waals surface area contributed by atoms with Gasteiger partial charge in [-0.2, -0.15) is 0 Å². The SMILES string of the molecule is C[C@]12CCCCC1=C(O)C[C@@H]1[C@@H]2CC[C@]2(C)C(=O)[C@@H](F)C[C@@H]12. The van der Waals surface area contributed by atoms with Crippen molar-refractivity contribution in [3.63, 3.8) is 0 Å². The molecule has 4 aliphatic carbocycles. The van der Waals surface area contributed by atoms with Crippen molar-refractivity contribution in [1.29, 1.82) is 0 Å². The second-order valence-electron chi connectivity index (χ2n) is 8.65. The second kappa shape index (κ2) is 4.58. The quantitative estimate of drug-likeness (QED) is 0.701. The Labute approximate surface area is 132 Å². The van der Waals surface area contributed by atoms with Gasteiger partial charge in [-0.1, -0.05) is 20.3 Å². The molecule has 0 spiro atoms. The van der Waals surface area contributed by atoms with Gasteiger partial charge in [-0.15, -0.1) is 0 Å². The minimum Gasteiger partial charge on any atom is -0.512 e. The smallest absolute Gasteiger partial charge is 0.173 e. The molecule has 0 aromatic heterocycles. The van der Waals surface area contributed by atoms with Gasteiger partial charge in [0, 0.05) is 11.8 Å². The topological polar surface area (TPSA) is 37.3 Å². The molecule has 4 rings (SSSR count). The number of hydrogen-bond donors (Lipinski definition) is 1. The van der Waals surface area contributed by atoms with Crippen LogP contribution in [0, 0.1) is 28.6 Å². The first-order chi connectivity index (χ1) is 10.4. The Kier molecular flexibility index (Phi) is 3.06. The zero-order valence-corrected chi connectivity index (χ0v) is 13.7. The molecule has 0 heterocycles. The number of carbonyl (C=O) groups excluding carboxylic acids is 1. The largest absolute Gasteiger partial charge is 0.512 e. The van der Waals surface area contributed by atoms with Gasteiger partial charge in [0.15, 0.2) is 12.0 Å². The number of alkyl halides is 1. The van der Waals surface area contributed by atoms with Gasteiger partial charge in [-0.3, -0.25) is 4.79 Å². The fourth-order valence-electron chi connectivity index (χ4n) is 6.57. The molecule has 6 atom stereocenters. The molecule has 2 nitrogen and oxygen atoms in total. The molecule has 0 aromatic carbocycles. The van der Waals surface area contributed by atoms with Crippen molar-refractivity contribution < 1.29 is 14.3 Å². The summed E-state index contributed by atoms with van der Waals surface area (Å²) in [5.41, 5.74) is 0.887. The van der Waals surface area contributed by atoms with E-state index in [1.807, 2.05) is 6.92 Å². The van der Waals surface area contributed by atoms with Crippen molar-refractivity contribution in [2.75, 3.05) is 0 Å². The first-order valence-electron chi connectivity index (χ1n) is 8.98. The van der Waals surface area contributed by atoms with Gasteiger partial charge in [0.25, 0.3) is 0 Å². The standard InChI is InChI=1S/C19H27FO2/c1-18-7-4-3-5-13(18)16(21)9-11-12(18)6-8-19(2)14(11)10-15(20)17(19)22/h11-12,14-15,21H,3-10H2,1-2H3/t11-,12+,14+,15+,18-,19+/m1/s1. The monoisotopic (exact) mass is 306 g/mol. The number of halogens is 1. The molecule has 4 aliphatic rings. The van der Waals surface area contributed by atoms with E-state index in [1.165, 1.54) is 18.4 Å². The number of ketones is 1. The lowest BCUT2D eigenvalue weighted by molar-refractivity contribution is -0.135. The van der Waals surface area contributed by atoms with Crippen LogP contribution in [0.5, 0.6) is 0 Å². The number of Topliss-reactive ketones (excluding diaryl/α,β-unsaturated/α-hetero) is 1. The number of rotatable bonds is 0. The summed E-state index contributed by atoms with van der Waals surface area (Å²) >= 11 is 0. The predicted molar refractivity (Wildman–Crippen MR) is 83.2 cm³/mol. The molecule has 0 saturated heterocycles. The summed E-state index contributed by atoms with van der Waals surface area (Å²) in [4.78, 5) is 12.3. The summed E-state index contributed by atoms with van der Waals surface area (Å²) in [6.07, 6.45) is 6.21. The van der Waals surface area contributed by atoms with Gasteiger partial charge in [0.2, 0.25) is 0 Å². The maximum Gasteiger partial charge on any atom is 0.173 e. The van der Waals surface area contributed by atoms with Crippen molar-refractivity contribution in [3.05, 3.63) is 11.3 Å². The zero-order valence-electron chi connectivity index (χ0n) is 13.7. The third-order valence-corrected chi connectivity index (χ3v) is 7.79. The van der Waals surface area contributed by atoms with Gasteiger partial charge in [-0.05, 0) is 67.3 Å². The summed E-state index contributed by atoms with van der Waals surface area (Å²) in [7, 11) is 0. The number of aliphatic hydroxyl groups is 1. The van der Waals surface area contributed by atoms with Gasteiger partial charge in [0.05, 0.1) is 5.76 Å². The Bertz CT molecular complexity index is 554. The van der Waals surface area contributed by atoms with Gasteiger partial charge >= 0.3 is 0 Å². The lowest BCUT2D eigenvalue weighted by Gasteiger charge is -2.56. The average Bonchev–Trinajstić information content (AvgIpc) is 2.71.